The molecule has 0 bridgehead atoms. The number of rotatable bonds is 15. The van der Waals surface area contributed by atoms with Crippen molar-refractivity contribution >= 4 is 64.0 Å². The van der Waals surface area contributed by atoms with Crippen LogP contribution in [-0.4, -0.2) is 105 Å². The van der Waals surface area contributed by atoms with Gasteiger partial charge in [-0.15, -0.1) is 13.2 Å². The molecule has 68 heavy (non-hydrogen) atoms. The van der Waals surface area contributed by atoms with Crippen molar-refractivity contribution in [3.8, 4) is 5.75 Å². The van der Waals surface area contributed by atoms with Gasteiger partial charge in [0.15, 0.2) is 11.6 Å². The van der Waals surface area contributed by atoms with Crippen LogP contribution in [0.1, 0.15) is 29.5 Å². The Kier molecular flexibility index (Phi) is 14.3. The van der Waals surface area contributed by atoms with Gasteiger partial charge in [0.1, 0.15) is 18.4 Å². The van der Waals surface area contributed by atoms with E-state index in [1.165, 1.54) is 36.9 Å². The molecule has 22 heteroatoms. The van der Waals surface area contributed by atoms with Crippen LogP contribution >= 0.6 is 0 Å². The van der Waals surface area contributed by atoms with Crippen molar-refractivity contribution in [2.45, 2.75) is 39.6 Å². The zero-order valence-corrected chi connectivity index (χ0v) is 37.0. The van der Waals surface area contributed by atoms with Crippen molar-refractivity contribution in [2.24, 2.45) is 0 Å². The minimum atomic E-state index is -4.76. The van der Waals surface area contributed by atoms with Gasteiger partial charge in [0.25, 0.3) is 0 Å². The molecule has 0 spiro atoms. The number of hydrogen-bond donors (Lipinski definition) is 4. The Balaban J connectivity index is 0.794. The second-order valence-electron chi connectivity index (χ2n) is 16.1. The van der Waals surface area contributed by atoms with Gasteiger partial charge in [0, 0.05) is 106 Å². The average Bonchev–Trinajstić information content (AvgIpc) is 3.32. The Bertz CT molecular complexity index is 2750. The number of ether oxygens (including phenoxy) is 1. The molecule has 2 amide bonds. The largest absolute Gasteiger partial charge is 0.573 e. The molecule has 2 saturated heterocycles. The highest BCUT2D eigenvalue weighted by molar-refractivity contribution is 5.98. The molecule has 2 fully saturated rings. The zero-order chi connectivity index (χ0) is 47.8. The van der Waals surface area contributed by atoms with Crippen molar-refractivity contribution < 1.29 is 36.3 Å². The van der Waals surface area contributed by atoms with E-state index in [4.69, 9.17) is 0 Å². The number of amides is 2. The van der Waals surface area contributed by atoms with Crippen molar-refractivity contribution in [1.82, 2.24) is 34.8 Å². The number of anilines is 9. The molecule has 17 nitrogen and oxygen atoms in total. The number of halogens is 5. The van der Waals surface area contributed by atoms with Crippen LogP contribution in [0.5, 0.6) is 5.75 Å². The van der Waals surface area contributed by atoms with Crippen molar-refractivity contribution in [1.29, 1.82) is 0 Å². The van der Waals surface area contributed by atoms with Crippen LogP contribution < -0.4 is 40.7 Å². The number of carbonyl (C=O) groups excluding carboxylic acids is 2. The van der Waals surface area contributed by atoms with E-state index in [0.717, 1.165) is 17.2 Å². The molecular formula is C46H47F5N14O3. The van der Waals surface area contributed by atoms with Gasteiger partial charge in [-0.25, -0.2) is 28.7 Å². The van der Waals surface area contributed by atoms with Crippen LogP contribution in [0.3, 0.4) is 0 Å². The summed E-state index contributed by atoms with van der Waals surface area (Å²) in [4.78, 5) is 60.8. The van der Waals surface area contributed by atoms with Crippen LogP contribution in [0, 0.1) is 25.5 Å². The molecule has 6 aromatic rings. The fraction of sp³-hybridized carbons (Fsp3) is 0.304. The van der Waals surface area contributed by atoms with E-state index in [0.29, 0.717) is 117 Å². The SMILES string of the molecule is Cc1c(NC(=O)CCC(=O)Nc2cccc(Nc3ncnc(N4CCN(c5ccc(F)c(F)c5)CC4)n3)c2C)cccc1Nc1ncnc(N2CCN(Cc3cccc(OC(F)(F)F)c3)CC2)n1. The Morgan fingerprint density at radius 2 is 1.10 bits per heavy atom. The third kappa shape index (κ3) is 12.2. The van der Waals surface area contributed by atoms with E-state index >= 15 is 0 Å². The number of carbonyl (C=O) groups is 2. The molecule has 4 heterocycles. The molecule has 0 aliphatic carbocycles. The third-order valence-corrected chi connectivity index (χ3v) is 11.4. The summed E-state index contributed by atoms with van der Waals surface area (Å²) in [5, 5.41) is 12.2. The van der Waals surface area contributed by atoms with Crippen molar-refractivity contribution in [2.75, 3.05) is 88.3 Å². The molecule has 0 radical (unpaired) electrons. The first-order valence-corrected chi connectivity index (χ1v) is 21.7. The minimum Gasteiger partial charge on any atom is -0.406 e. The molecular weight excluding hydrogens is 892 g/mol. The van der Waals surface area contributed by atoms with Gasteiger partial charge in [-0.3, -0.25) is 14.5 Å². The van der Waals surface area contributed by atoms with Crippen molar-refractivity contribution in [3.63, 3.8) is 0 Å². The quantitative estimate of drug-likeness (QED) is 0.0750. The highest BCUT2D eigenvalue weighted by Crippen LogP contribution is 2.29. The van der Waals surface area contributed by atoms with Crippen LogP contribution in [0.2, 0.25) is 0 Å². The summed E-state index contributed by atoms with van der Waals surface area (Å²) in [5.41, 5.74) is 5.15. The second kappa shape index (κ2) is 20.8. The van der Waals surface area contributed by atoms with Crippen LogP contribution in [0.4, 0.5) is 74.2 Å². The van der Waals surface area contributed by atoms with E-state index in [9.17, 15) is 31.5 Å². The maximum atomic E-state index is 13.8. The maximum Gasteiger partial charge on any atom is 0.573 e. The lowest BCUT2D eigenvalue weighted by Crippen LogP contribution is -2.47. The van der Waals surface area contributed by atoms with E-state index < -0.39 is 18.0 Å². The lowest BCUT2D eigenvalue weighted by atomic mass is 10.1. The Morgan fingerprint density at radius 1 is 0.603 bits per heavy atom. The first-order valence-electron chi connectivity index (χ1n) is 21.7. The monoisotopic (exact) mass is 938 g/mol. The number of aromatic nitrogens is 6. The molecule has 2 aromatic heterocycles. The average molecular weight is 939 g/mol. The summed E-state index contributed by atoms with van der Waals surface area (Å²) in [6.07, 6.45) is -2.10. The smallest absolute Gasteiger partial charge is 0.406 e. The molecule has 0 atom stereocenters. The second-order valence-corrected chi connectivity index (χ2v) is 16.1. The normalized spacial score (nSPS) is 14.4. The third-order valence-electron chi connectivity index (χ3n) is 11.4. The number of piperazine rings is 2. The minimum absolute atomic E-state index is 0.0773. The van der Waals surface area contributed by atoms with Crippen LogP contribution in [0.25, 0.3) is 0 Å². The molecule has 4 aromatic carbocycles. The van der Waals surface area contributed by atoms with Gasteiger partial charge >= 0.3 is 6.36 Å². The molecule has 8 rings (SSSR count). The fourth-order valence-corrected chi connectivity index (χ4v) is 7.76. The Morgan fingerprint density at radius 3 is 1.63 bits per heavy atom. The predicted octanol–water partition coefficient (Wildman–Crippen LogP) is 7.34. The number of nitrogens with zero attached hydrogens (tertiary/aromatic N) is 10. The van der Waals surface area contributed by atoms with Gasteiger partial charge in [0.05, 0.1) is 0 Å². The predicted molar refractivity (Wildman–Crippen MR) is 246 cm³/mol. The van der Waals surface area contributed by atoms with Gasteiger partial charge < -0.3 is 40.7 Å². The standard InChI is InChI=1S/C46H47F5N14O3/c1-29-36(8-4-10-38(29)58-42-52-27-54-44(60-42)64-18-16-62(17-19-64)26-31-6-3-7-33(24-31)68-46(49,50)51)56-40(66)14-15-41(67)57-37-9-5-11-39(30(37)2)59-43-53-28-55-45(61-43)65-22-20-63(21-23-65)32-12-13-34(47)35(48)25-32/h3-13,24-25,27-28H,14-23,26H2,1-2H3,(H,56,66)(H,57,67)(H,52,54,58,60)(H,53,55,59,61). The molecule has 354 valence electrons. The summed E-state index contributed by atoms with van der Waals surface area (Å²) in [7, 11) is 0. The van der Waals surface area contributed by atoms with Crippen LogP contribution in [-0.2, 0) is 16.1 Å². The summed E-state index contributed by atoms with van der Waals surface area (Å²) in [6.45, 7) is 8.78. The highest BCUT2D eigenvalue weighted by atomic mass is 19.4. The zero-order valence-electron chi connectivity index (χ0n) is 37.0. The Labute approximate surface area is 387 Å². The molecule has 0 saturated carbocycles. The van der Waals surface area contributed by atoms with Gasteiger partial charge in [-0.2, -0.15) is 9.97 Å². The van der Waals surface area contributed by atoms with E-state index in [1.807, 2.05) is 40.7 Å². The Hall–Kier alpha value is -7.75. The summed E-state index contributed by atoms with van der Waals surface area (Å²) >= 11 is 0. The van der Waals surface area contributed by atoms with E-state index in [1.54, 1.807) is 36.4 Å². The number of benzene rings is 4. The maximum absolute atomic E-state index is 13.8. The summed E-state index contributed by atoms with van der Waals surface area (Å²) in [6, 6.07) is 20.5. The number of hydrogen-bond acceptors (Lipinski definition) is 15. The molecule has 0 unspecified atom stereocenters. The highest BCUT2D eigenvalue weighted by Gasteiger charge is 2.31. The summed E-state index contributed by atoms with van der Waals surface area (Å²) < 4.78 is 69.4. The molecule has 2 aliphatic rings. The number of nitrogens with one attached hydrogen (secondary N) is 4. The first kappa shape index (κ1) is 46.8. The summed E-state index contributed by atoms with van der Waals surface area (Å²) in [5.74, 6) is -1.22. The van der Waals surface area contributed by atoms with E-state index in [2.05, 4.69) is 60.8 Å². The molecule has 2 aliphatic heterocycles. The first-order chi connectivity index (χ1) is 32.7. The van der Waals surface area contributed by atoms with Gasteiger partial charge in [-0.1, -0.05) is 24.3 Å². The van der Waals surface area contributed by atoms with E-state index in [-0.39, 0.29) is 30.4 Å². The number of alkyl halides is 3. The van der Waals surface area contributed by atoms with Gasteiger partial charge in [0.2, 0.25) is 35.6 Å². The molecule has 4 N–H and O–H groups in total. The fourth-order valence-electron chi connectivity index (χ4n) is 7.76. The lowest BCUT2D eigenvalue weighted by molar-refractivity contribution is -0.274. The van der Waals surface area contributed by atoms with Crippen LogP contribution in [0.15, 0.2) is 91.5 Å². The lowest BCUT2D eigenvalue weighted by Gasteiger charge is -2.36. The van der Waals surface area contributed by atoms with Gasteiger partial charge in [-0.05, 0) is 79.1 Å². The van der Waals surface area contributed by atoms with Crippen molar-refractivity contribution in [3.05, 3.63) is 120 Å². The topological polar surface area (TPSA) is 182 Å².